The predicted molar refractivity (Wildman–Crippen MR) is 96.4 cm³/mol. The molecule has 144 valence electrons. The van der Waals surface area contributed by atoms with Crippen LogP contribution in [0.25, 0.3) is 10.4 Å². The van der Waals surface area contributed by atoms with Crippen LogP contribution in [-0.2, 0) is 0 Å². The molecule has 3 rings (SSSR count). The number of nitrogens with zero attached hydrogens (tertiary/aromatic N) is 3. The van der Waals surface area contributed by atoms with Gasteiger partial charge in [-0.1, -0.05) is 5.11 Å². The van der Waals surface area contributed by atoms with Gasteiger partial charge in [0.2, 0.25) is 0 Å². The Labute approximate surface area is 156 Å². The average Bonchev–Trinajstić information content (AvgIpc) is 3.31. The van der Waals surface area contributed by atoms with Gasteiger partial charge >= 0.3 is 6.61 Å². The molecule has 1 aliphatic carbocycles. The molecule has 0 aromatic heterocycles. The lowest BCUT2D eigenvalue weighted by molar-refractivity contribution is -0.0515. The summed E-state index contributed by atoms with van der Waals surface area (Å²) >= 11 is 0. The number of benzene rings is 1. The minimum Gasteiger partial charge on any atom is -0.489 e. The van der Waals surface area contributed by atoms with Crippen LogP contribution in [0.2, 0.25) is 0 Å². The summed E-state index contributed by atoms with van der Waals surface area (Å²) in [4.78, 5) is 2.77. The highest BCUT2D eigenvalue weighted by atomic mass is 35.5. The number of nitrogens with one attached hydrogen (secondary N) is 2. The summed E-state index contributed by atoms with van der Waals surface area (Å²) in [7, 11) is 0. The molecule has 2 fully saturated rings. The minimum absolute atomic E-state index is 0. The van der Waals surface area contributed by atoms with Crippen molar-refractivity contribution >= 4 is 18.1 Å². The van der Waals surface area contributed by atoms with Crippen LogP contribution in [0.15, 0.2) is 23.3 Å². The summed E-state index contributed by atoms with van der Waals surface area (Å²) in [5.74, 6) is 0.886. The summed E-state index contributed by atoms with van der Waals surface area (Å²) in [6, 6.07) is 5.19. The van der Waals surface area contributed by atoms with E-state index in [2.05, 4.69) is 25.4 Å². The Morgan fingerprint density at radius 3 is 2.85 bits per heavy atom. The topological polar surface area (TPSA) is 91.3 Å². The highest BCUT2D eigenvalue weighted by molar-refractivity contribution is 5.85. The first-order valence-corrected chi connectivity index (χ1v) is 8.36. The number of alkyl halides is 2. The van der Waals surface area contributed by atoms with Crippen molar-refractivity contribution in [3.8, 4) is 11.5 Å². The SMILES string of the molecule is Cl.[N-]=[N+]=NCC1CC(Nc2ccc(OC(F)F)c(OCC3CC3)c2)CN1. The van der Waals surface area contributed by atoms with Gasteiger partial charge in [-0.05, 0) is 42.8 Å². The molecule has 1 heterocycles. The zero-order valence-corrected chi connectivity index (χ0v) is 14.9. The van der Waals surface area contributed by atoms with Crippen LogP contribution in [0.3, 0.4) is 0 Å². The van der Waals surface area contributed by atoms with Crippen LogP contribution in [0.1, 0.15) is 19.3 Å². The number of azide groups is 1. The van der Waals surface area contributed by atoms with Crippen molar-refractivity contribution in [2.24, 2.45) is 11.0 Å². The van der Waals surface area contributed by atoms with Crippen LogP contribution in [-0.4, -0.2) is 38.4 Å². The molecule has 0 bridgehead atoms. The van der Waals surface area contributed by atoms with Gasteiger partial charge in [0.05, 0.1) is 6.61 Å². The first-order valence-electron chi connectivity index (χ1n) is 8.36. The molecule has 2 atom stereocenters. The number of halogens is 3. The standard InChI is InChI=1S/C16H21F2N5O2.ClH/c17-16(18)25-14-4-3-11(6-15(14)24-9-10-1-2-10)22-13-5-12(20-7-13)8-21-23-19;/h3-4,6,10,12-13,16,20,22H,1-2,5,7-9H2;1H. The Bertz CT molecular complexity index is 641. The van der Waals surface area contributed by atoms with Crippen LogP contribution in [0.5, 0.6) is 11.5 Å². The second-order valence-corrected chi connectivity index (χ2v) is 6.39. The van der Waals surface area contributed by atoms with Gasteiger partial charge in [-0.15, -0.1) is 12.4 Å². The molecule has 1 aromatic rings. The summed E-state index contributed by atoms with van der Waals surface area (Å²) in [5.41, 5.74) is 9.16. The third-order valence-corrected chi connectivity index (χ3v) is 4.29. The third kappa shape index (κ3) is 6.09. The second kappa shape index (κ2) is 9.66. The van der Waals surface area contributed by atoms with E-state index in [1.54, 1.807) is 12.1 Å². The van der Waals surface area contributed by atoms with Gasteiger partial charge in [-0.3, -0.25) is 0 Å². The predicted octanol–water partition coefficient (Wildman–Crippen LogP) is 3.95. The van der Waals surface area contributed by atoms with Crippen LogP contribution in [0, 0.1) is 5.92 Å². The van der Waals surface area contributed by atoms with Gasteiger partial charge < -0.3 is 20.1 Å². The van der Waals surface area contributed by atoms with Crippen molar-refractivity contribution in [1.82, 2.24) is 5.32 Å². The van der Waals surface area contributed by atoms with Crippen molar-refractivity contribution in [2.75, 3.05) is 25.0 Å². The molecule has 7 nitrogen and oxygen atoms in total. The van der Waals surface area contributed by atoms with Gasteiger partial charge in [0, 0.05) is 41.8 Å². The molecule has 0 radical (unpaired) electrons. The van der Waals surface area contributed by atoms with E-state index in [1.165, 1.54) is 6.07 Å². The highest BCUT2D eigenvalue weighted by Gasteiger charge is 2.25. The van der Waals surface area contributed by atoms with Crippen molar-refractivity contribution < 1.29 is 18.3 Å². The Morgan fingerprint density at radius 1 is 1.35 bits per heavy atom. The smallest absolute Gasteiger partial charge is 0.387 e. The first kappa shape index (κ1) is 20.4. The number of hydrogen-bond donors (Lipinski definition) is 2. The van der Waals surface area contributed by atoms with E-state index >= 15 is 0 Å². The van der Waals surface area contributed by atoms with Gasteiger partial charge in [0.15, 0.2) is 11.5 Å². The monoisotopic (exact) mass is 389 g/mol. The summed E-state index contributed by atoms with van der Waals surface area (Å²) in [6.45, 7) is -1.23. The van der Waals surface area contributed by atoms with E-state index in [1.807, 2.05) is 0 Å². The zero-order chi connectivity index (χ0) is 17.6. The Morgan fingerprint density at radius 2 is 2.15 bits per heavy atom. The highest BCUT2D eigenvalue weighted by Crippen LogP contribution is 2.35. The van der Waals surface area contributed by atoms with Gasteiger partial charge in [0.25, 0.3) is 0 Å². The lowest BCUT2D eigenvalue weighted by Gasteiger charge is -2.17. The molecule has 2 aliphatic rings. The molecular weight excluding hydrogens is 368 g/mol. The molecule has 26 heavy (non-hydrogen) atoms. The molecular formula is C16H22ClF2N5O2. The number of rotatable bonds is 9. The summed E-state index contributed by atoms with van der Waals surface area (Å²) in [5, 5.41) is 10.2. The Balaban J connectivity index is 0.00000243. The lowest BCUT2D eigenvalue weighted by atomic mass is 10.1. The zero-order valence-electron chi connectivity index (χ0n) is 14.1. The van der Waals surface area contributed by atoms with Crippen LogP contribution < -0.4 is 20.1 Å². The maximum atomic E-state index is 12.5. The number of hydrogen-bond acceptors (Lipinski definition) is 5. The fourth-order valence-corrected chi connectivity index (χ4v) is 2.83. The van der Waals surface area contributed by atoms with Gasteiger partial charge in [0.1, 0.15) is 0 Å². The molecule has 10 heteroatoms. The summed E-state index contributed by atoms with van der Waals surface area (Å²) in [6.07, 6.45) is 3.04. The van der Waals surface area contributed by atoms with E-state index < -0.39 is 6.61 Å². The normalized spacial score (nSPS) is 21.7. The van der Waals surface area contributed by atoms with E-state index in [9.17, 15) is 8.78 Å². The molecule has 1 aromatic carbocycles. The molecule has 2 unspecified atom stereocenters. The fraction of sp³-hybridized carbons (Fsp3) is 0.625. The van der Waals surface area contributed by atoms with Gasteiger partial charge in [-0.2, -0.15) is 8.78 Å². The van der Waals surface area contributed by atoms with E-state index in [0.717, 1.165) is 31.5 Å². The average molecular weight is 390 g/mol. The largest absolute Gasteiger partial charge is 0.489 e. The van der Waals surface area contributed by atoms with E-state index in [-0.39, 0.29) is 30.2 Å². The molecule has 0 amide bonds. The maximum Gasteiger partial charge on any atom is 0.387 e. The Kier molecular flexibility index (Phi) is 7.56. The van der Waals surface area contributed by atoms with E-state index in [4.69, 9.17) is 10.3 Å². The van der Waals surface area contributed by atoms with Crippen molar-refractivity contribution in [3.05, 3.63) is 28.6 Å². The molecule has 2 N–H and O–H groups in total. The molecule has 1 saturated heterocycles. The third-order valence-electron chi connectivity index (χ3n) is 4.29. The second-order valence-electron chi connectivity index (χ2n) is 6.39. The lowest BCUT2D eigenvalue weighted by Crippen LogP contribution is -2.24. The van der Waals surface area contributed by atoms with Crippen LogP contribution >= 0.6 is 12.4 Å². The van der Waals surface area contributed by atoms with E-state index in [0.29, 0.717) is 24.8 Å². The Hall–Kier alpha value is -1.96. The number of ether oxygens (including phenoxy) is 2. The molecule has 0 spiro atoms. The first-order chi connectivity index (χ1) is 12.1. The van der Waals surface area contributed by atoms with Crippen molar-refractivity contribution in [1.29, 1.82) is 0 Å². The maximum absolute atomic E-state index is 12.5. The summed E-state index contributed by atoms with van der Waals surface area (Å²) < 4.78 is 35.3. The van der Waals surface area contributed by atoms with Crippen molar-refractivity contribution in [3.63, 3.8) is 0 Å². The molecule has 1 saturated carbocycles. The molecule has 1 aliphatic heterocycles. The number of anilines is 1. The fourth-order valence-electron chi connectivity index (χ4n) is 2.83. The quantitative estimate of drug-likeness (QED) is 0.380. The minimum atomic E-state index is -2.89. The van der Waals surface area contributed by atoms with Crippen LogP contribution in [0.4, 0.5) is 14.5 Å². The van der Waals surface area contributed by atoms with Gasteiger partial charge in [-0.25, -0.2) is 0 Å². The van der Waals surface area contributed by atoms with Crippen molar-refractivity contribution in [2.45, 2.75) is 38.0 Å².